The highest BCUT2D eigenvalue weighted by Crippen LogP contribution is 2.46. The fourth-order valence-electron chi connectivity index (χ4n) is 2.60. The number of fused-ring (bicyclic) bond motifs is 2. The number of nitrogens with zero attached hydrogens (tertiary/aromatic N) is 5. The van der Waals surface area contributed by atoms with Gasteiger partial charge in [0.05, 0.1) is 12.0 Å². The third kappa shape index (κ3) is 2.69. The monoisotopic (exact) mass is 325 g/mol. The van der Waals surface area contributed by atoms with Crippen molar-refractivity contribution >= 4 is 23.3 Å². The fourth-order valence-corrected chi connectivity index (χ4v) is 3.59. The van der Waals surface area contributed by atoms with Gasteiger partial charge in [-0.1, -0.05) is 17.8 Å². The number of aromatic nitrogens is 4. The first-order valence-electron chi connectivity index (χ1n) is 7.19. The standard InChI is InChI=1S/C16H15N5OS/c1-22-11-21-13-8-12(9-20-7-6-17-10-20)2-3-14(13)23-16-15(21)18-4-5-19-16/h2-8,10H,9,11H2,1H3. The zero-order valence-electron chi connectivity index (χ0n) is 12.6. The molecule has 0 amide bonds. The van der Waals surface area contributed by atoms with Crippen molar-refractivity contribution in [3.05, 3.63) is 54.9 Å². The Bertz CT molecular complexity index is 821. The molecule has 1 aromatic carbocycles. The van der Waals surface area contributed by atoms with Crippen LogP contribution in [0.25, 0.3) is 0 Å². The first-order valence-corrected chi connectivity index (χ1v) is 8.01. The van der Waals surface area contributed by atoms with E-state index >= 15 is 0 Å². The maximum Gasteiger partial charge on any atom is 0.168 e. The molecule has 0 saturated carbocycles. The van der Waals surface area contributed by atoms with Gasteiger partial charge in [0.1, 0.15) is 11.8 Å². The van der Waals surface area contributed by atoms with E-state index < -0.39 is 0 Å². The fraction of sp³-hybridized carbons (Fsp3) is 0.188. The Morgan fingerprint density at radius 3 is 2.91 bits per heavy atom. The molecular weight excluding hydrogens is 310 g/mol. The molecule has 0 unspecified atom stereocenters. The Morgan fingerprint density at radius 1 is 1.17 bits per heavy atom. The van der Waals surface area contributed by atoms with Crippen LogP contribution in [-0.2, 0) is 11.3 Å². The molecule has 6 nitrogen and oxygen atoms in total. The van der Waals surface area contributed by atoms with Crippen molar-refractivity contribution in [3.63, 3.8) is 0 Å². The average molecular weight is 325 g/mol. The molecule has 116 valence electrons. The van der Waals surface area contributed by atoms with E-state index in [1.54, 1.807) is 37.5 Å². The summed E-state index contributed by atoms with van der Waals surface area (Å²) in [5.41, 5.74) is 2.30. The Kier molecular flexibility index (Phi) is 3.72. The molecule has 7 heteroatoms. The predicted molar refractivity (Wildman–Crippen MR) is 87.9 cm³/mol. The van der Waals surface area contributed by atoms with Crippen molar-refractivity contribution in [2.24, 2.45) is 0 Å². The van der Waals surface area contributed by atoms with E-state index in [-0.39, 0.29) is 0 Å². The van der Waals surface area contributed by atoms with Gasteiger partial charge in [-0.25, -0.2) is 15.0 Å². The van der Waals surface area contributed by atoms with Crippen LogP contribution in [0.3, 0.4) is 0 Å². The highest BCUT2D eigenvalue weighted by atomic mass is 32.2. The van der Waals surface area contributed by atoms with Crippen LogP contribution < -0.4 is 4.90 Å². The third-order valence-electron chi connectivity index (χ3n) is 3.61. The molecule has 1 aliphatic rings. The average Bonchev–Trinajstić information content (AvgIpc) is 3.08. The molecule has 1 aliphatic heterocycles. The van der Waals surface area contributed by atoms with Crippen LogP contribution in [-0.4, -0.2) is 33.4 Å². The number of benzene rings is 1. The molecule has 3 aromatic rings. The molecule has 0 atom stereocenters. The Balaban J connectivity index is 1.73. The number of anilines is 2. The number of imidazole rings is 1. The van der Waals surface area contributed by atoms with Crippen LogP contribution in [0.1, 0.15) is 5.56 Å². The maximum atomic E-state index is 5.37. The lowest BCUT2D eigenvalue weighted by Gasteiger charge is -2.30. The molecule has 0 radical (unpaired) electrons. The van der Waals surface area contributed by atoms with Crippen LogP contribution in [0.4, 0.5) is 11.5 Å². The summed E-state index contributed by atoms with van der Waals surface area (Å²) in [6, 6.07) is 6.45. The Labute approximate surface area is 138 Å². The van der Waals surface area contributed by atoms with Gasteiger partial charge in [-0.3, -0.25) is 4.90 Å². The van der Waals surface area contributed by atoms with E-state index in [4.69, 9.17) is 4.74 Å². The second-order valence-corrected chi connectivity index (χ2v) is 6.20. The van der Waals surface area contributed by atoms with Gasteiger partial charge in [0.2, 0.25) is 0 Å². The van der Waals surface area contributed by atoms with Crippen LogP contribution in [0.15, 0.2) is 59.2 Å². The lowest BCUT2D eigenvalue weighted by molar-refractivity contribution is 0.204. The summed E-state index contributed by atoms with van der Waals surface area (Å²) in [6.45, 7) is 1.22. The molecule has 3 heterocycles. The molecular formula is C16H15N5OS. The minimum Gasteiger partial charge on any atom is -0.364 e. The third-order valence-corrected chi connectivity index (χ3v) is 4.65. The lowest BCUT2D eigenvalue weighted by Crippen LogP contribution is -2.24. The summed E-state index contributed by atoms with van der Waals surface area (Å²) in [5.74, 6) is 0.839. The van der Waals surface area contributed by atoms with Gasteiger partial charge in [0.25, 0.3) is 0 Å². The second kappa shape index (κ2) is 6.02. The molecule has 0 aliphatic carbocycles. The van der Waals surface area contributed by atoms with Crippen molar-refractivity contribution in [2.75, 3.05) is 18.7 Å². The molecule has 0 saturated heterocycles. The van der Waals surface area contributed by atoms with Gasteiger partial charge < -0.3 is 9.30 Å². The van der Waals surface area contributed by atoms with Crippen LogP contribution in [0, 0.1) is 0 Å². The maximum absolute atomic E-state index is 5.37. The number of methoxy groups -OCH3 is 1. The summed E-state index contributed by atoms with van der Waals surface area (Å²) in [6.07, 6.45) is 9.00. The summed E-state index contributed by atoms with van der Waals surface area (Å²) < 4.78 is 7.42. The zero-order chi connectivity index (χ0) is 15.6. The van der Waals surface area contributed by atoms with E-state index in [0.717, 1.165) is 28.0 Å². The van der Waals surface area contributed by atoms with Crippen molar-refractivity contribution in [3.8, 4) is 0 Å². The Morgan fingerprint density at radius 2 is 2.09 bits per heavy atom. The number of hydrogen-bond acceptors (Lipinski definition) is 6. The smallest absolute Gasteiger partial charge is 0.168 e. The van der Waals surface area contributed by atoms with Gasteiger partial charge in [-0.05, 0) is 17.7 Å². The predicted octanol–water partition coefficient (Wildman–Crippen LogP) is 2.93. The number of rotatable bonds is 4. The van der Waals surface area contributed by atoms with Gasteiger partial charge in [-0.2, -0.15) is 0 Å². The molecule has 0 N–H and O–H groups in total. The van der Waals surface area contributed by atoms with Crippen molar-refractivity contribution in [1.29, 1.82) is 0 Å². The summed E-state index contributed by atoms with van der Waals surface area (Å²) in [4.78, 5) is 16.2. The SMILES string of the molecule is COCN1c2cc(Cn3ccnc3)ccc2Sc2nccnc21. The van der Waals surface area contributed by atoms with E-state index in [1.807, 2.05) is 17.1 Å². The zero-order valence-corrected chi connectivity index (χ0v) is 13.4. The van der Waals surface area contributed by atoms with Crippen LogP contribution in [0.5, 0.6) is 0 Å². The minimum atomic E-state index is 0.438. The highest BCUT2D eigenvalue weighted by molar-refractivity contribution is 7.99. The van der Waals surface area contributed by atoms with Crippen LogP contribution >= 0.6 is 11.8 Å². The molecule has 0 bridgehead atoms. The van der Waals surface area contributed by atoms with E-state index in [9.17, 15) is 0 Å². The molecule has 2 aromatic heterocycles. The number of ether oxygens (including phenoxy) is 1. The van der Waals surface area contributed by atoms with Crippen molar-refractivity contribution in [1.82, 2.24) is 19.5 Å². The van der Waals surface area contributed by atoms with E-state index in [0.29, 0.717) is 6.73 Å². The first kappa shape index (κ1) is 14.2. The van der Waals surface area contributed by atoms with Crippen molar-refractivity contribution in [2.45, 2.75) is 16.5 Å². The van der Waals surface area contributed by atoms with E-state index in [2.05, 4.69) is 38.1 Å². The molecule has 23 heavy (non-hydrogen) atoms. The minimum absolute atomic E-state index is 0.438. The van der Waals surface area contributed by atoms with Gasteiger partial charge in [0.15, 0.2) is 5.82 Å². The first-order chi connectivity index (χ1) is 11.3. The van der Waals surface area contributed by atoms with Gasteiger partial charge >= 0.3 is 0 Å². The topological polar surface area (TPSA) is 56.1 Å². The summed E-state index contributed by atoms with van der Waals surface area (Å²) in [5, 5.41) is 0.902. The largest absolute Gasteiger partial charge is 0.364 e. The highest BCUT2D eigenvalue weighted by Gasteiger charge is 2.25. The summed E-state index contributed by atoms with van der Waals surface area (Å²) >= 11 is 1.64. The molecule has 0 spiro atoms. The second-order valence-electron chi connectivity index (χ2n) is 5.17. The van der Waals surface area contributed by atoms with Crippen molar-refractivity contribution < 1.29 is 4.74 Å². The lowest BCUT2D eigenvalue weighted by atomic mass is 10.2. The molecule has 4 rings (SSSR count). The quantitative estimate of drug-likeness (QED) is 0.735. The van der Waals surface area contributed by atoms with Gasteiger partial charge in [0, 0.05) is 43.3 Å². The van der Waals surface area contributed by atoms with Crippen LogP contribution in [0.2, 0.25) is 0 Å². The van der Waals surface area contributed by atoms with E-state index in [1.165, 1.54) is 5.56 Å². The molecule has 0 fully saturated rings. The normalized spacial score (nSPS) is 12.8. The van der Waals surface area contributed by atoms with Gasteiger partial charge in [-0.15, -0.1) is 0 Å². The summed E-state index contributed by atoms with van der Waals surface area (Å²) in [7, 11) is 1.69. The number of hydrogen-bond donors (Lipinski definition) is 0. The Hall–Kier alpha value is -2.38.